The summed E-state index contributed by atoms with van der Waals surface area (Å²) in [5.41, 5.74) is 2.43. The maximum atomic E-state index is 15.1. The Hall–Kier alpha value is -5.78. The molecule has 12 heteroatoms. The molecule has 2 saturated carbocycles. The molecule has 4 aromatic rings. The number of phenolic OH excluding ortho intramolecular Hbond substituents is 2. The van der Waals surface area contributed by atoms with E-state index in [1.807, 2.05) is 27.7 Å². The minimum atomic E-state index is -0.602. The normalized spacial score (nSPS) is 16.7. The van der Waals surface area contributed by atoms with Gasteiger partial charge in [-0.05, 0) is 140 Å². The van der Waals surface area contributed by atoms with Crippen molar-refractivity contribution in [2.24, 2.45) is 17.3 Å². The molecule has 2 aliphatic rings. The van der Waals surface area contributed by atoms with E-state index in [0.29, 0.717) is 41.8 Å². The Morgan fingerprint density at radius 3 is 1.65 bits per heavy atom. The van der Waals surface area contributed by atoms with E-state index >= 15 is 4.39 Å². The van der Waals surface area contributed by atoms with Gasteiger partial charge in [-0.25, -0.2) is 8.78 Å². The van der Waals surface area contributed by atoms with Gasteiger partial charge in [-0.15, -0.1) is 0 Å². The summed E-state index contributed by atoms with van der Waals surface area (Å²) in [5.74, 6) is -2.96. The molecule has 6 N–H and O–H groups in total. The Balaban J connectivity index is 1.02. The number of amides is 4. The minimum Gasteiger partial charge on any atom is -0.507 e. The van der Waals surface area contributed by atoms with Crippen molar-refractivity contribution in [1.29, 1.82) is 0 Å². The second-order valence-corrected chi connectivity index (χ2v) is 16.8. The third-order valence-electron chi connectivity index (χ3n) is 10.6. The molecule has 3 unspecified atom stereocenters. The molecule has 10 nitrogen and oxygen atoms in total. The van der Waals surface area contributed by atoms with Gasteiger partial charge >= 0.3 is 0 Å². The Kier molecular flexibility index (Phi) is 11.7. The summed E-state index contributed by atoms with van der Waals surface area (Å²) in [6, 6.07) is 14.2. The number of benzene rings is 4. The van der Waals surface area contributed by atoms with Crippen molar-refractivity contribution in [3.63, 3.8) is 0 Å². The molecule has 0 radical (unpaired) electrons. The number of hydrogen-bond donors (Lipinski definition) is 6. The lowest BCUT2D eigenvalue weighted by Crippen LogP contribution is -2.32. The Bertz CT molecular complexity index is 2250. The zero-order chi connectivity index (χ0) is 41.3. The summed E-state index contributed by atoms with van der Waals surface area (Å²) >= 11 is 0. The number of hydrogen-bond acceptors (Lipinski definition) is 6. The number of halogens is 2. The number of rotatable bonds is 13. The van der Waals surface area contributed by atoms with Crippen LogP contribution in [0.3, 0.4) is 0 Å². The third kappa shape index (κ3) is 9.97. The van der Waals surface area contributed by atoms with Gasteiger partial charge in [0.1, 0.15) is 23.1 Å². The molecule has 57 heavy (non-hydrogen) atoms. The Morgan fingerprint density at radius 2 is 1.18 bits per heavy atom. The summed E-state index contributed by atoms with van der Waals surface area (Å²) in [7, 11) is 0. The van der Waals surface area contributed by atoms with Crippen LogP contribution < -0.4 is 21.3 Å². The van der Waals surface area contributed by atoms with Gasteiger partial charge in [0.25, 0.3) is 23.6 Å². The minimum absolute atomic E-state index is 0.0498. The molecule has 3 atom stereocenters. The topological polar surface area (TPSA) is 157 Å². The second kappa shape index (κ2) is 16.4. The van der Waals surface area contributed by atoms with Crippen LogP contribution in [0.4, 0.5) is 8.78 Å². The highest BCUT2D eigenvalue weighted by Crippen LogP contribution is 2.38. The molecular formula is C45H50F2N4O6. The maximum Gasteiger partial charge on any atom is 0.251 e. The van der Waals surface area contributed by atoms with Gasteiger partial charge in [0.15, 0.2) is 0 Å². The van der Waals surface area contributed by atoms with Crippen LogP contribution in [-0.4, -0.2) is 59.0 Å². The van der Waals surface area contributed by atoms with Crippen LogP contribution in [0.1, 0.15) is 106 Å². The first-order valence-corrected chi connectivity index (χ1v) is 19.3. The summed E-state index contributed by atoms with van der Waals surface area (Å²) in [4.78, 5) is 51.5. The molecule has 0 bridgehead atoms. The van der Waals surface area contributed by atoms with Gasteiger partial charge < -0.3 is 31.5 Å². The van der Waals surface area contributed by atoms with Crippen molar-refractivity contribution in [3.8, 4) is 33.8 Å². The summed E-state index contributed by atoms with van der Waals surface area (Å²) < 4.78 is 30.0. The van der Waals surface area contributed by atoms with Gasteiger partial charge in [0.2, 0.25) is 0 Å². The SMILES string of the molecule is Cc1c(F)cc(C(=O)NC2CC2)cc1-c1ccc(C(=O)NCC(C)CC2CC2NC(=O)c2cc(F)c(C)c(-c3ccc(C(=O)NCC(C)(C)C)cc3O)c2)cc1O. The van der Waals surface area contributed by atoms with Crippen LogP contribution in [-0.2, 0) is 0 Å². The molecule has 300 valence electrons. The molecule has 4 aromatic carbocycles. The van der Waals surface area contributed by atoms with E-state index in [0.717, 1.165) is 19.3 Å². The van der Waals surface area contributed by atoms with Crippen molar-refractivity contribution < 1.29 is 38.2 Å². The predicted molar refractivity (Wildman–Crippen MR) is 214 cm³/mol. The zero-order valence-corrected chi connectivity index (χ0v) is 33.1. The van der Waals surface area contributed by atoms with Crippen LogP contribution in [0.25, 0.3) is 22.3 Å². The van der Waals surface area contributed by atoms with Crippen LogP contribution >= 0.6 is 0 Å². The van der Waals surface area contributed by atoms with Crippen molar-refractivity contribution in [2.75, 3.05) is 13.1 Å². The Labute approximate surface area is 331 Å². The standard InChI is InChI=1S/C45H50F2N4O6/c1-23(21-48-41(54)26-7-11-32(39(52)19-26)34-14-29(16-36(46)24(34)2)43(56)50-31-9-10-31)13-28-18-38(28)51-44(57)30-15-35(25(3)37(47)17-30)33-12-8-27(20-40(33)53)42(55)49-22-45(4,5)6/h7-8,11-12,14-17,19-20,23,28,31,38,52-53H,9-10,13,18,21-22H2,1-6H3,(H,48,54)(H,49,55)(H,50,56)(H,51,57). The molecule has 0 heterocycles. The molecular weight excluding hydrogens is 731 g/mol. The van der Waals surface area contributed by atoms with Gasteiger partial charge in [-0.2, -0.15) is 0 Å². The fourth-order valence-corrected chi connectivity index (χ4v) is 6.83. The third-order valence-corrected chi connectivity index (χ3v) is 10.6. The fraction of sp³-hybridized carbons (Fsp3) is 0.378. The number of aromatic hydroxyl groups is 2. The molecule has 4 amide bonds. The quantitative estimate of drug-likeness (QED) is 0.0822. The highest BCUT2D eigenvalue weighted by molar-refractivity contribution is 5.99. The molecule has 0 saturated heterocycles. The van der Waals surface area contributed by atoms with Crippen LogP contribution in [0.2, 0.25) is 0 Å². The molecule has 0 aliphatic heterocycles. The van der Waals surface area contributed by atoms with Crippen LogP contribution in [0, 0.1) is 42.7 Å². The smallest absolute Gasteiger partial charge is 0.251 e. The number of carbonyl (C=O) groups is 4. The lowest BCUT2D eigenvalue weighted by molar-refractivity contribution is 0.0932. The monoisotopic (exact) mass is 780 g/mol. The summed E-state index contributed by atoms with van der Waals surface area (Å²) in [6.07, 6.45) is 3.22. The Morgan fingerprint density at radius 1 is 0.684 bits per heavy atom. The summed E-state index contributed by atoms with van der Waals surface area (Å²) in [5, 5.41) is 33.3. The lowest BCUT2D eigenvalue weighted by atomic mass is 9.95. The van der Waals surface area contributed by atoms with Crippen molar-refractivity contribution in [2.45, 2.75) is 79.3 Å². The van der Waals surface area contributed by atoms with E-state index < -0.39 is 23.4 Å². The van der Waals surface area contributed by atoms with Gasteiger partial charge in [0, 0.05) is 58.6 Å². The van der Waals surface area contributed by atoms with Gasteiger partial charge in [-0.1, -0.05) is 27.7 Å². The first-order valence-electron chi connectivity index (χ1n) is 19.3. The van der Waals surface area contributed by atoms with E-state index in [-0.39, 0.29) is 86.0 Å². The van der Waals surface area contributed by atoms with Crippen molar-refractivity contribution in [3.05, 3.63) is 106 Å². The van der Waals surface area contributed by atoms with E-state index in [1.54, 1.807) is 38.1 Å². The highest BCUT2D eigenvalue weighted by atomic mass is 19.1. The first kappa shape index (κ1) is 40.9. The largest absolute Gasteiger partial charge is 0.507 e. The molecule has 2 aliphatic carbocycles. The number of nitrogens with one attached hydrogen (secondary N) is 4. The van der Waals surface area contributed by atoms with Gasteiger partial charge in [0.05, 0.1) is 0 Å². The zero-order valence-electron chi connectivity index (χ0n) is 33.1. The molecule has 0 aromatic heterocycles. The van der Waals surface area contributed by atoms with Crippen molar-refractivity contribution in [1.82, 2.24) is 21.3 Å². The average Bonchev–Trinajstić information content (AvgIpc) is 4.10. The van der Waals surface area contributed by atoms with Crippen LogP contribution in [0.15, 0.2) is 60.7 Å². The summed E-state index contributed by atoms with van der Waals surface area (Å²) in [6.45, 7) is 11.9. The predicted octanol–water partition coefficient (Wildman–Crippen LogP) is 7.57. The van der Waals surface area contributed by atoms with E-state index in [9.17, 15) is 33.8 Å². The van der Waals surface area contributed by atoms with Crippen molar-refractivity contribution >= 4 is 23.6 Å². The molecule has 0 spiro atoms. The average molecular weight is 781 g/mol. The van der Waals surface area contributed by atoms with Crippen LogP contribution in [0.5, 0.6) is 11.5 Å². The lowest BCUT2D eigenvalue weighted by Gasteiger charge is -2.19. The van der Waals surface area contributed by atoms with E-state index in [2.05, 4.69) is 21.3 Å². The van der Waals surface area contributed by atoms with E-state index in [1.165, 1.54) is 36.4 Å². The second-order valence-electron chi connectivity index (χ2n) is 16.8. The molecule has 6 rings (SSSR count). The number of carbonyl (C=O) groups excluding carboxylic acids is 4. The first-order chi connectivity index (χ1) is 26.9. The number of phenols is 2. The maximum absolute atomic E-state index is 15.1. The van der Waals surface area contributed by atoms with Gasteiger partial charge in [-0.3, -0.25) is 19.2 Å². The fourth-order valence-electron chi connectivity index (χ4n) is 6.83. The molecule has 2 fully saturated rings. The van der Waals surface area contributed by atoms with E-state index in [4.69, 9.17) is 0 Å². The highest BCUT2D eigenvalue weighted by Gasteiger charge is 2.39.